The monoisotopic (exact) mass is 208 g/mol. The summed E-state index contributed by atoms with van der Waals surface area (Å²) in [6.07, 6.45) is 12.1. The Hall–Kier alpha value is -0.0431. The summed E-state index contributed by atoms with van der Waals surface area (Å²) < 4.78 is 0. The van der Waals surface area contributed by atoms with Crippen molar-refractivity contribution < 1.29 is 0 Å². The second-order valence-electron chi connectivity index (χ2n) is 5.33. The largest absolute Gasteiger partial charge is 0.107 e. The van der Waals surface area contributed by atoms with E-state index in [1.54, 1.807) is 12.1 Å². The fraction of sp³-hybridized carbons (Fsp3) is 0.846. The second-order valence-corrected chi connectivity index (χ2v) is 10.0. The molecule has 2 aliphatic rings. The van der Waals surface area contributed by atoms with E-state index in [-0.39, 0.29) is 0 Å². The van der Waals surface area contributed by atoms with Crippen molar-refractivity contribution in [2.75, 3.05) is 0 Å². The lowest BCUT2D eigenvalue weighted by Crippen LogP contribution is -2.40. The molecular formula is C13H24Si. The zero-order valence-corrected chi connectivity index (χ0v) is 10.4. The van der Waals surface area contributed by atoms with Gasteiger partial charge in [-0.05, 0) is 5.54 Å². The average Bonchev–Trinajstić information content (AvgIpc) is 2.31. The van der Waals surface area contributed by atoms with Crippen LogP contribution in [-0.4, -0.2) is 8.07 Å². The Bertz CT molecular complexity index is 185. The fourth-order valence-corrected chi connectivity index (χ4v) is 8.85. The van der Waals surface area contributed by atoms with Crippen LogP contribution in [0, 0.1) is 0 Å². The SMILES string of the molecule is C=C[Si]1(C2CCCCC2)CCCCC1. The van der Waals surface area contributed by atoms with Crippen molar-refractivity contribution in [3.63, 3.8) is 0 Å². The molecule has 2 rings (SSSR count). The molecule has 0 unspecified atom stereocenters. The van der Waals surface area contributed by atoms with Crippen molar-refractivity contribution in [2.45, 2.75) is 69.0 Å². The topological polar surface area (TPSA) is 0 Å². The Kier molecular flexibility index (Phi) is 3.48. The van der Waals surface area contributed by atoms with E-state index >= 15 is 0 Å². The molecule has 0 aromatic carbocycles. The fourth-order valence-electron chi connectivity index (χ4n) is 3.67. The minimum atomic E-state index is -0.992. The van der Waals surface area contributed by atoms with Crippen molar-refractivity contribution in [1.82, 2.24) is 0 Å². The van der Waals surface area contributed by atoms with Crippen LogP contribution >= 0.6 is 0 Å². The maximum atomic E-state index is 4.19. The van der Waals surface area contributed by atoms with E-state index in [2.05, 4.69) is 12.3 Å². The van der Waals surface area contributed by atoms with Gasteiger partial charge in [-0.15, -0.1) is 12.3 Å². The quantitative estimate of drug-likeness (QED) is 0.578. The summed E-state index contributed by atoms with van der Waals surface area (Å²) in [5, 5.41) is 0. The molecule has 0 aromatic heterocycles. The third-order valence-electron chi connectivity index (χ3n) is 4.61. The Balaban J connectivity index is 2.04. The minimum absolute atomic E-state index is 0.992. The molecule has 0 nitrogen and oxygen atoms in total. The van der Waals surface area contributed by atoms with Crippen molar-refractivity contribution in [2.24, 2.45) is 0 Å². The van der Waals surface area contributed by atoms with Crippen LogP contribution in [0.1, 0.15) is 51.4 Å². The van der Waals surface area contributed by atoms with Crippen LogP contribution < -0.4 is 0 Å². The molecule has 1 saturated heterocycles. The van der Waals surface area contributed by atoms with Gasteiger partial charge in [-0.3, -0.25) is 0 Å². The normalized spacial score (nSPS) is 28.6. The first-order valence-corrected chi connectivity index (χ1v) is 9.08. The Morgan fingerprint density at radius 2 is 1.43 bits per heavy atom. The molecule has 0 bridgehead atoms. The van der Waals surface area contributed by atoms with Crippen LogP contribution in [0.25, 0.3) is 0 Å². The first-order chi connectivity index (χ1) is 6.87. The predicted molar refractivity (Wildman–Crippen MR) is 66.3 cm³/mol. The van der Waals surface area contributed by atoms with Crippen LogP contribution in [0.5, 0.6) is 0 Å². The highest BCUT2D eigenvalue weighted by atomic mass is 28.3. The third kappa shape index (κ3) is 1.98. The Morgan fingerprint density at radius 1 is 0.857 bits per heavy atom. The van der Waals surface area contributed by atoms with E-state index in [4.69, 9.17) is 0 Å². The first kappa shape index (κ1) is 10.5. The molecule has 0 N–H and O–H groups in total. The molecule has 0 radical (unpaired) electrons. The molecule has 0 amide bonds. The molecule has 1 aliphatic carbocycles. The number of hydrogen-bond acceptors (Lipinski definition) is 0. The Labute approximate surface area is 89.8 Å². The van der Waals surface area contributed by atoms with Crippen LogP contribution in [0.2, 0.25) is 17.6 Å². The summed E-state index contributed by atoms with van der Waals surface area (Å²) >= 11 is 0. The van der Waals surface area contributed by atoms with Crippen LogP contribution in [0.4, 0.5) is 0 Å². The summed E-state index contributed by atoms with van der Waals surface area (Å²) in [4.78, 5) is 0. The molecule has 1 saturated carbocycles. The standard InChI is InChI=1S/C13H24Si/c1-2-14(11-7-4-8-12-14)13-9-5-3-6-10-13/h2,13H,1,3-12H2. The predicted octanol–water partition coefficient (Wildman–Crippen LogP) is 4.68. The summed E-state index contributed by atoms with van der Waals surface area (Å²) in [7, 11) is -0.992. The van der Waals surface area contributed by atoms with Gasteiger partial charge in [0.2, 0.25) is 0 Å². The van der Waals surface area contributed by atoms with Gasteiger partial charge in [0.25, 0.3) is 0 Å². The molecular weight excluding hydrogens is 184 g/mol. The summed E-state index contributed by atoms with van der Waals surface area (Å²) in [5.41, 5.74) is 3.58. The van der Waals surface area contributed by atoms with E-state index in [1.807, 2.05) is 0 Å². The van der Waals surface area contributed by atoms with Crippen LogP contribution in [-0.2, 0) is 0 Å². The van der Waals surface area contributed by atoms with E-state index in [0.29, 0.717) is 0 Å². The van der Waals surface area contributed by atoms with E-state index in [0.717, 1.165) is 5.54 Å². The lowest BCUT2D eigenvalue weighted by molar-refractivity contribution is 0.484. The smallest absolute Gasteiger partial charge is 0.0801 e. The molecule has 2 fully saturated rings. The maximum absolute atomic E-state index is 4.19. The van der Waals surface area contributed by atoms with Gasteiger partial charge in [0.1, 0.15) is 0 Å². The molecule has 0 aromatic rings. The first-order valence-electron chi connectivity index (χ1n) is 6.51. The van der Waals surface area contributed by atoms with Gasteiger partial charge in [0, 0.05) is 0 Å². The van der Waals surface area contributed by atoms with Crippen molar-refractivity contribution in [1.29, 1.82) is 0 Å². The lowest BCUT2D eigenvalue weighted by atomic mass is 10.0. The zero-order valence-electron chi connectivity index (χ0n) is 9.43. The van der Waals surface area contributed by atoms with E-state index in [9.17, 15) is 0 Å². The summed E-state index contributed by atoms with van der Waals surface area (Å²) in [6.45, 7) is 4.19. The highest BCUT2D eigenvalue weighted by Gasteiger charge is 2.39. The third-order valence-corrected chi connectivity index (χ3v) is 10.2. The van der Waals surface area contributed by atoms with Crippen LogP contribution in [0.3, 0.4) is 0 Å². The second kappa shape index (κ2) is 4.65. The summed E-state index contributed by atoms with van der Waals surface area (Å²) in [5.74, 6) is 0. The Morgan fingerprint density at radius 3 is 2.00 bits per heavy atom. The van der Waals surface area contributed by atoms with Crippen molar-refractivity contribution >= 4 is 8.07 Å². The molecule has 1 heterocycles. The lowest BCUT2D eigenvalue weighted by Gasteiger charge is -2.41. The number of rotatable bonds is 2. The molecule has 1 aliphatic heterocycles. The van der Waals surface area contributed by atoms with E-state index in [1.165, 1.54) is 51.4 Å². The zero-order chi connectivity index (χ0) is 9.86. The van der Waals surface area contributed by atoms with Gasteiger partial charge < -0.3 is 0 Å². The summed E-state index contributed by atoms with van der Waals surface area (Å²) in [6, 6.07) is 3.14. The van der Waals surface area contributed by atoms with Gasteiger partial charge in [-0.1, -0.05) is 63.5 Å². The van der Waals surface area contributed by atoms with Gasteiger partial charge >= 0.3 is 0 Å². The van der Waals surface area contributed by atoms with Gasteiger partial charge in [-0.2, -0.15) is 0 Å². The van der Waals surface area contributed by atoms with Gasteiger partial charge in [0.15, 0.2) is 0 Å². The van der Waals surface area contributed by atoms with Gasteiger partial charge in [-0.25, -0.2) is 0 Å². The molecule has 14 heavy (non-hydrogen) atoms. The molecule has 80 valence electrons. The van der Waals surface area contributed by atoms with Gasteiger partial charge in [0.05, 0.1) is 8.07 Å². The number of hydrogen-bond donors (Lipinski definition) is 0. The molecule has 1 heteroatoms. The maximum Gasteiger partial charge on any atom is 0.0801 e. The molecule has 0 atom stereocenters. The highest BCUT2D eigenvalue weighted by molar-refractivity contribution is 6.85. The minimum Gasteiger partial charge on any atom is -0.107 e. The van der Waals surface area contributed by atoms with Crippen LogP contribution in [0.15, 0.2) is 12.3 Å². The molecule has 0 spiro atoms. The van der Waals surface area contributed by atoms with Crippen molar-refractivity contribution in [3.05, 3.63) is 12.3 Å². The van der Waals surface area contributed by atoms with Crippen molar-refractivity contribution in [3.8, 4) is 0 Å². The highest BCUT2D eigenvalue weighted by Crippen LogP contribution is 2.45. The average molecular weight is 208 g/mol. The van der Waals surface area contributed by atoms with E-state index < -0.39 is 8.07 Å².